The fourth-order valence-electron chi connectivity index (χ4n) is 2.52. The third kappa shape index (κ3) is 3.53. The first-order chi connectivity index (χ1) is 11.2. The average molecular weight is 333 g/mol. The van der Waals surface area contributed by atoms with Crippen molar-refractivity contribution in [2.24, 2.45) is 0 Å². The molecule has 0 saturated carbocycles. The van der Waals surface area contributed by atoms with Crippen LogP contribution < -0.4 is 10.1 Å². The van der Waals surface area contributed by atoms with Crippen LogP contribution in [0.5, 0.6) is 5.75 Å². The predicted octanol–water partition coefficient (Wildman–Crippen LogP) is 3.12. The van der Waals surface area contributed by atoms with E-state index in [1.54, 1.807) is 37.6 Å². The Morgan fingerprint density at radius 1 is 1.30 bits per heavy atom. The third-order valence-corrected chi connectivity index (χ3v) is 3.91. The minimum Gasteiger partial charge on any atom is -0.495 e. The first-order valence-electron chi connectivity index (χ1n) is 7.40. The summed E-state index contributed by atoms with van der Waals surface area (Å²) in [5.41, 5.74) is 1.02. The largest absolute Gasteiger partial charge is 0.495 e. The lowest BCUT2D eigenvalue weighted by atomic mass is 10.3. The first-order valence-corrected chi connectivity index (χ1v) is 7.78. The average Bonchev–Trinajstić information content (AvgIpc) is 3.09. The summed E-state index contributed by atoms with van der Waals surface area (Å²) in [6.45, 7) is 1.57. The number of rotatable bonds is 4. The molecule has 6 nitrogen and oxygen atoms in total. The minimum absolute atomic E-state index is 0.0639. The molecule has 1 aliphatic heterocycles. The van der Waals surface area contributed by atoms with Crippen LogP contribution in [-0.4, -0.2) is 41.0 Å². The van der Waals surface area contributed by atoms with Crippen LogP contribution in [0.2, 0.25) is 5.02 Å². The van der Waals surface area contributed by atoms with E-state index < -0.39 is 0 Å². The van der Waals surface area contributed by atoms with Crippen molar-refractivity contribution in [2.75, 3.05) is 25.5 Å². The van der Waals surface area contributed by atoms with Gasteiger partial charge in [-0.05, 0) is 37.1 Å². The Morgan fingerprint density at radius 2 is 2.09 bits per heavy atom. The molecule has 1 aliphatic rings. The molecule has 7 heteroatoms. The fourth-order valence-corrected chi connectivity index (χ4v) is 2.69. The Balaban J connectivity index is 1.83. The van der Waals surface area contributed by atoms with Crippen molar-refractivity contribution < 1.29 is 9.53 Å². The summed E-state index contributed by atoms with van der Waals surface area (Å²) in [6.07, 6.45) is 3.65. The Hall–Kier alpha value is -2.34. The smallest absolute Gasteiger partial charge is 0.272 e. The van der Waals surface area contributed by atoms with Crippen molar-refractivity contribution in [3.8, 4) is 5.75 Å². The molecular formula is C16H17ClN4O2. The maximum Gasteiger partial charge on any atom is 0.272 e. The highest BCUT2D eigenvalue weighted by Crippen LogP contribution is 2.29. The van der Waals surface area contributed by atoms with Crippen LogP contribution in [-0.2, 0) is 0 Å². The van der Waals surface area contributed by atoms with Crippen LogP contribution in [0.25, 0.3) is 0 Å². The van der Waals surface area contributed by atoms with Crippen LogP contribution in [0.1, 0.15) is 23.3 Å². The van der Waals surface area contributed by atoms with Gasteiger partial charge in [0.15, 0.2) is 0 Å². The highest BCUT2D eigenvalue weighted by molar-refractivity contribution is 6.31. The van der Waals surface area contributed by atoms with Crippen LogP contribution >= 0.6 is 11.6 Å². The Morgan fingerprint density at radius 3 is 2.83 bits per heavy atom. The normalized spacial score (nSPS) is 13.9. The first kappa shape index (κ1) is 15.6. The standard InChI is InChI=1S/C16H17ClN4O2/c1-23-14-5-4-11(17)10-13(14)20-16-18-7-6-12(19-16)15(22)21-8-2-3-9-21/h4-7,10H,2-3,8-9H2,1H3,(H,18,19,20). The lowest BCUT2D eigenvalue weighted by Gasteiger charge is -2.15. The number of halogens is 1. The van der Waals surface area contributed by atoms with Gasteiger partial charge in [-0.3, -0.25) is 4.79 Å². The van der Waals surface area contributed by atoms with Crippen molar-refractivity contribution in [3.05, 3.63) is 41.2 Å². The summed E-state index contributed by atoms with van der Waals surface area (Å²) in [7, 11) is 1.57. The number of amides is 1. The van der Waals surface area contributed by atoms with Gasteiger partial charge in [-0.25, -0.2) is 9.97 Å². The van der Waals surface area contributed by atoms with E-state index in [2.05, 4.69) is 15.3 Å². The molecule has 120 valence electrons. The number of nitrogens with zero attached hydrogens (tertiary/aromatic N) is 3. The van der Waals surface area contributed by atoms with Crippen molar-refractivity contribution in [1.82, 2.24) is 14.9 Å². The molecule has 0 spiro atoms. The van der Waals surface area contributed by atoms with Crippen LogP contribution in [0.15, 0.2) is 30.5 Å². The van der Waals surface area contributed by atoms with Gasteiger partial charge < -0.3 is 15.0 Å². The Bertz CT molecular complexity index is 717. The van der Waals surface area contributed by atoms with E-state index in [1.807, 2.05) is 4.90 Å². The van der Waals surface area contributed by atoms with Gasteiger partial charge in [0.2, 0.25) is 5.95 Å². The molecule has 23 heavy (non-hydrogen) atoms. The SMILES string of the molecule is COc1ccc(Cl)cc1Nc1nccc(C(=O)N2CCCC2)n1. The molecule has 3 rings (SSSR count). The second-order valence-corrected chi connectivity index (χ2v) is 5.67. The zero-order valence-electron chi connectivity index (χ0n) is 12.8. The molecule has 1 saturated heterocycles. The zero-order chi connectivity index (χ0) is 16.2. The van der Waals surface area contributed by atoms with Crippen molar-refractivity contribution >= 4 is 29.1 Å². The molecule has 0 unspecified atom stereocenters. The number of hydrogen-bond donors (Lipinski definition) is 1. The summed E-state index contributed by atoms with van der Waals surface area (Å²) in [6, 6.07) is 6.84. The monoisotopic (exact) mass is 332 g/mol. The third-order valence-electron chi connectivity index (χ3n) is 3.68. The topological polar surface area (TPSA) is 67.3 Å². The number of benzene rings is 1. The van der Waals surface area contributed by atoms with E-state index in [0.717, 1.165) is 25.9 Å². The molecule has 0 atom stereocenters. The molecule has 1 N–H and O–H groups in total. The molecule has 2 aromatic rings. The van der Waals surface area contributed by atoms with Crippen molar-refractivity contribution in [2.45, 2.75) is 12.8 Å². The number of likely N-dealkylation sites (tertiary alicyclic amines) is 1. The maximum absolute atomic E-state index is 12.4. The van der Waals surface area contributed by atoms with Crippen LogP contribution in [0.4, 0.5) is 11.6 Å². The van der Waals surface area contributed by atoms with Crippen molar-refractivity contribution in [1.29, 1.82) is 0 Å². The number of methoxy groups -OCH3 is 1. The van der Waals surface area contributed by atoms with E-state index in [4.69, 9.17) is 16.3 Å². The highest BCUT2D eigenvalue weighted by Gasteiger charge is 2.21. The van der Waals surface area contributed by atoms with Crippen LogP contribution in [0, 0.1) is 0 Å². The van der Waals surface area contributed by atoms with E-state index in [0.29, 0.717) is 28.1 Å². The van der Waals surface area contributed by atoms with E-state index in [9.17, 15) is 4.79 Å². The molecule has 1 fully saturated rings. The molecule has 1 aromatic heterocycles. The Labute approximate surface area is 139 Å². The summed E-state index contributed by atoms with van der Waals surface area (Å²) in [5.74, 6) is 0.885. The second-order valence-electron chi connectivity index (χ2n) is 5.23. The number of hydrogen-bond acceptors (Lipinski definition) is 5. The van der Waals surface area contributed by atoms with Crippen molar-refractivity contribution in [3.63, 3.8) is 0 Å². The number of aromatic nitrogens is 2. The summed E-state index contributed by atoms with van der Waals surface area (Å²) in [4.78, 5) is 22.7. The number of nitrogens with one attached hydrogen (secondary N) is 1. The second kappa shape index (κ2) is 6.83. The number of anilines is 2. The zero-order valence-corrected chi connectivity index (χ0v) is 13.5. The summed E-state index contributed by atoms with van der Waals surface area (Å²) in [5, 5.41) is 3.61. The van der Waals surface area contributed by atoms with Crippen LogP contribution in [0.3, 0.4) is 0 Å². The lowest BCUT2D eigenvalue weighted by Crippen LogP contribution is -2.28. The molecule has 0 radical (unpaired) electrons. The lowest BCUT2D eigenvalue weighted by molar-refractivity contribution is 0.0787. The molecular weight excluding hydrogens is 316 g/mol. The van der Waals surface area contributed by atoms with Gasteiger partial charge in [-0.15, -0.1) is 0 Å². The quantitative estimate of drug-likeness (QED) is 0.931. The summed E-state index contributed by atoms with van der Waals surface area (Å²) >= 11 is 6.01. The predicted molar refractivity (Wildman–Crippen MR) is 88.5 cm³/mol. The molecule has 2 heterocycles. The number of ether oxygens (including phenoxy) is 1. The fraction of sp³-hybridized carbons (Fsp3) is 0.312. The maximum atomic E-state index is 12.4. The molecule has 1 amide bonds. The number of carbonyl (C=O) groups excluding carboxylic acids is 1. The van der Waals surface area contributed by atoms with Gasteiger partial charge in [0, 0.05) is 24.3 Å². The van der Waals surface area contributed by atoms with Gasteiger partial charge in [0.1, 0.15) is 11.4 Å². The van der Waals surface area contributed by atoms with E-state index in [1.165, 1.54) is 0 Å². The Kier molecular flexibility index (Phi) is 4.62. The van der Waals surface area contributed by atoms with E-state index >= 15 is 0 Å². The number of carbonyl (C=O) groups is 1. The minimum atomic E-state index is -0.0639. The molecule has 0 aliphatic carbocycles. The van der Waals surface area contributed by atoms with Gasteiger partial charge in [0.25, 0.3) is 5.91 Å². The highest BCUT2D eigenvalue weighted by atomic mass is 35.5. The van der Waals surface area contributed by atoms with Gasteiger partial charge in [0.05, 0.1) is 12.8 Å². The molecule has 0 bridgehead atoms. The van der Waals surface area contributed by atoms with Gasteiger partial charge in [-0.2, -0.15) is 0 Å². The summed E-state index contributed by atoms with van der Waals surface area (Å²) < 4.78 is 5.28. The van der Waals surface area contributed by atoms with Gasteiger partial charge >= 0.3 is 0 Å². The molecule has 1 aromatic carbocycles. The van der Waals surface area contributed by atoms with E-state index in [-0.39, 0.29) is 5.91 Å². The van der Waals surface area contributed by atoms with Gasteiger partial charge in [-0.1, -0.05) is 11.6 Å².